The van der Waals surface area contributed by atoms with Gasteiger partial charge in [-0.15, -0.1) is 11.3 Å². The van der Waals surface area contributed by atoms with Crippen LogP contribution in [0.4, 0.5) is 0 Å². The molecule has 1 amide bonds. The van der Waals surface area contributed by atoms with Gasteiger partial charge in [0.25, 0.3) is 5.56 Å². The molecule has 0 aliphatic heterocycles. The van der Waals surface area contributed by atoms with Gasteiger partial charge in [0.1, 0.15) is 4.70 Å². The van der Waals surface area contributed by atoms with E-state index < -0.39 is 0 Å². The number of carbonyl (C=O) groups excluding carboxylic acids is 1. The highest BCUT2D eigenvalue weighted by Crippen LogP contribution is 2.25. The first kappa shape index (κ1) is 18.7. The van der Waals surface area contributed by atoms with Crippen LogP contribution in [0, 0.1) is 6.92 Å². The van der Waals surface area contributed by atoms with E-state index in [0.717, 1.165) is 11.3 Å². The highest BCUT2D eigenvalue weighted by molar-refractivity contribution is 7.99. The van der Waals surface area contributed by atoms with Crippen molar-refractivity contribution < 1.29 is 4.79 Å². The normalized spacial score (nSPS) is 11.0. The average Bonchev–Trinajstić information content (AvgIpc) is 3.11. The second-order valence-electron chi connectivity index (χ2n) is 5.81. The van der Waals surface area contributed by atoms with Gasteiger partial charge >= 0.3 is 0 Å². The van der Waals surface area contributed by atoms with Crippen LogP contribution in [0.2, 0.25) is 0 Å². The molecular formula is C19H21N3O2S2. The standard InChI is InChI=1S/C19H21N3O2S2/c1-4-21(5-2)16(23)12-26-19-20-14-10-11-25-17(14)18(24)22(19)15-9-7-6-8-13(15)3/h6-11H,4-5,12H2,1-3H3. The average molecular weight is 388 g/mol. The lowest BCUT2D eigenvalue weighted by molar-refractivity contribution is -0.127. The van der Waals surface area contributed by atoms with Crippen molar-refractivity contribution in [3.63, 3.8) is 0 Å². The fourth-order valence-corrected chi connectivity index (χ4v) is 4.48. The summed E-state index contributed by atoms with van der Waals surface area (Å²) < 4.78 is 2.27. The summed E-state index contributed by atoms with van der Waals surface area (Å²) >= 11 is 2.71. The van der Waals surface area contributed by atoms with Gasteiger partial charge < -0.3 is 4.90 Å². The summed E-state index contributed by atoms with van der Waals surface area (Å²) in [5, 5.41) is 2.42. The minimum Gasteiger partial charge on any atom is -0.343 e. The molecule has 3 rings (SSSR count). The van der Waals surface area contributed by atoms with Crippen molar-refractivity contribution in [2.45, 2.75) is 25.9 Å². The zero-order valence-corrected chi connectivity index (χ0v) is 16.7. The number of aryl methyl sites for hydroxylation is 1. The van der Waals surface area contributed by atoms with E-state index >= 15 is 0 Å². The van der Waals surface area contributed by atoms with Crippen LogP contribution in [-0.2, 0) is 4.79 Å². The van der Waals surface area contributed by atoms with Crippen LogP contribution in [0.5, 0.6) is 0 Å². The molecule has 0 aliphatic rings. The molecule has 0 saturated carbocycles. The molecule has 136 valence electrons. The second-order valence-corrected chi connectivity index (χ2v) is 7.67. The Morgan fingerprint density at radius 2 is 1.96 bits per heavy atom. The molecule has 5 nitrogen and oxygen atoms in total. The van der Waals surface area contributed by atoms with E-state index in [1.165, 1.54) is 23.1 Å². The molecule has 0 radical (unpaired) electrons. The van der Waals surface area contributed by atoms with Crippen LogP contribution in [0.15, 0.2) is 45.7 Å². The molecule has 0 spiro atoms. The van der Waals surface area contributed by atoms with E-state index in [1.807, 2.05) is 56.5 Å². The Morgan fingerprint density at radius 3 is 2.65 bits per heavy atom. The third-order valence-electron chi connectivity index (χ3n) is 4.25. The summed E-state index contributed by atoms with van der Waals surface area (Å²) in [6, 6.07) is 9.57. The Hall–Kier alpha value is -2.12. The third kappa shape index (κ3) is 3.54. The van der Waals surface area contributed by atoms with Crippen molar-refractivity contribution >= 4 is 39.2 Å². The van der Waals surface area contributed by atoms with Crippen LogP contribution in [0.3, 0.4) is 0 Å². The number of benzene rings is 1. The Bertz CT molecular complexity index is 990. The smallest absolute Gasteiger partial charge is 0.276 e. The molecule has 0 atom stereocenters. The predicted octanol–water partition coefficient (Wildman–Crippen LogP) is 3.72. The van der Waals surface area contributed by atoms with Crippen molar-refractivity contribution in [2.24, 2.45) is 0 Å². The molecular weight excluding hydrogens is 366 g/mol. The maximum Gasteiger partial charge on any atom is 0.276 e. The molecule has 0 N–H and O–H groups in total. The van der Waals surface area contributed by atoms with Gasteiger partial charge in [-0.1, -0.05) is 30.0 Å². The van der Waals surface area contributed by atoms with E-state index in [9.17, 15) is 9.59 Å². The van der Waals surface area contributed by atoms with Gasteiger partial charge in [0.2, 0.25) is 5.91 Å². The maximum absolute atomic E-state index is 13.1. The van der Waals surface area contributed by atoms with Crippen molar-refractivity contribution in [1.82, 2.24) is 14.5 Å². The number of rotatable bonds is 6. The summed E-state index contributed by atoms with van der Waals surface area (Å²) in [5.74, 6) is 0.311. The van der Waals surface area contributed by atoms with Crippen molar-refractivity contribution in [3.8, 4) is 5.69 Å². The highest BCUT2D eigenvalue weighted by atomic mass is 32.2. The third-order valence-corrected chi connectivity index (χ3v) is 6.06. The Balaban J connectivity index is 2.06. The Labute approximate surface area is 160 Å². The molecule has 2 aromatic heterocycles. The number of hydrogen-bond acceptors (Lipinski definition) is 5. The summed E-state index contributed by atoms with van der Waals surface area (Å²) in [6.07, 6.45) is 0. The van der Waals surface area contributed by atoms with E-state index in [0.29, 0.717) is 28.5 Å². The minimum atomic E-state index is -0.0860. The molecule has 0 fully saturated rings. The zero-order valence-electron chi connectivity index (χ0n) is 15.1. The molecule has 7 heteroatoms. The second kappa shape index (κ2) is 8.05. The minimum absolute atomic E-state index is 0.0519. The monoisotopic (exact) mass is 387 g/mol. The number of hydrogen-bond donors (Lipinski definition) is 0. The Kier molecular flexibility index (Phi) is 5.78. The maximum atomic E-state index is 13.1. The number of thiophene rings is 1. The lowest BCUT2D eigenvalue weighted by atomic mass is 10.2. The number of nitrogens with zero attached hydrogens (tertiary/aromatic N) is 3. The van der Waals surface area contributed by atoms with Crippen LogP contribution < -0.4 is 5.56 Å². The SMILES string of the molecule is CCN(CC)C(=O)CSc1nc2ccsc2c(=O)n1-c1ccccc1C. The largest absolute Gasteiger partial charge is 0.343 e. The summed E-state index contributed by atoms with van der Waals surface area (Å²) in [5.41, 5.74) is 2.39. The van der Waals surface area contributed by atoms with Gasteiger partial charge in [-0.2, -0.15) is 0 Å². The van der Waals surface area contributed by atoms with Gasteiger partial charge in [0.15, 0.2) is 5.16 Å². The van der Waals surface area contributed by atoms with Gasteiger partial charge in [-0.25, -0.2) is 4.98 Å². The molecule has 0 aliphatic carbocycles. The van der Waals surface area contributed by atoms with E-state index in [2.05, 4.69) is 4.98 Å². The first-order chi connectivity index (χ1) is 12.6. The molecule has 0 bridgehead atoms. The predicted molar refractivity (Wildman–Crippen MR) is 109 cm³/mol. The van der Waals surface area contributed by atoms with E-state index in [4.69, 9.17) is 0 Å². The molecule has 26 heavy (non-hydrogen) atoms. The highest BCUT2D eigenvalue weighted by Gasteiger charge is 2.18. The van der Waals surface area contributed by atoms with Gasteiger partial charge in [-0.05, 0) is 43.8 Å². The van der Waals surface area contributed by atoms with Gasteiger partial charge in [0.05, 0.1) is 17.0 Å². The number of aromatic nitrogens is 2. The number of fused-ring (bicyclic) bond motifs is 1. The number of amides is 1. The van der Waals surface area contributed by atoms with Gasteiger partial charge in [-0.3, -0.25) is 14.2 Å². The van der Waals surface area contributed by atoms with E-state index in [1.54, 1.807) is 9.47 Å². The molecule has 0 unspecified atom stereocenters. The topological polar surface area (TPSA) is 55.2 Å². The van der Waals surface area contributed by atoms with Crippen LogP contribution in [0.25, 0.3) is 15.9 Å². The van der Waals surface area contributed by atoms with Crippen molar-refractivity contribution in [2.75, 3.05) is 18.8 Å². The summed E-state index contributed by atoms with van der Waals surface area (Å²) in [4.78, 5) is 31.9. The van der Waals surface area contributed by atoms with Crippen molar-refractivity contribution in [1.29, 1.82) is 0 Å². The van der Waals surface area contributed by atoms with E-state index in [-0.39, 0.29) is 17.2 Å². The number of thioether (sulfide) groups is 1. The Morgan fingerprint density at radius 1 is 1.23 bits per heavy atom. The number of carbonyl (C=O) groups is 1. The van der Waals surface area contributed by atoms with Gasteiger partial charge in [0, 0.05) is 13.1 Å². The lowest BCUT2D eigenvalue weighted by Crippen LogP contribution is -2.32. The summed E-state index contributed by atoms with van der Waals surface area (Å²) in [7, 11) is 0. The van der Waals surface area contributed by atoms with Crippen LogP contribution >= 0.6 is 23.1 Å². The molecule has 0 saturated heterocycles. The lowest BCUT2D eigenvalue weighted by Gasteiger charge is -2.19. The van der Waals surface area contributed by atoms with Crippen LogP contribution in [0.1, 0.15) is 19.4 Å². The summed E-state index contributed by atoms with van der Waals surface area (Å²) in [6.45, 7) is 7.25. The zero-order chi connectivity index (χ0) is 18.7. The molecule has 3 aromatic rings. The molecule has 1 aromatic carbocycles. The molecule has 2 heterocycles. The fourth-order valence-electron chi connectivity index (χ4n) is 2.81. The number of para-hydroxylation sites is 1. The first-order valence-corrected chi connectivity index (χ1v) is 10.4. The fraction of sp³-hybridized carbons (Fsp3) is 0.316. The van der Waals surface area contributed by atoms with Crippen molar-refractivity contribution in [3.05, 3.63) is 51.6 Å². The quantitative estimate of drug-likeness (QED) is 0.478. The first-order valence-electron chi connectivity index (χ1n) is 8.53. The van der Waals surface area contributed by atoms with Crippen LogP contribution in [-0.4, -0.2) is 39.2 Å².